The summed E-state index contributed by atoms with van der Waals surface area (Å²) in [7, 11) is 0.708. The van der Waals surface area contributed by atoms with Crippen LogP contribution in [0, 0.1) is 6.92 Å². The largest absolute Gasteiger partial charge is 0.493 e. The predicted molar refractivity (Wildman–Crippen MR) is 122 cm³/mol. The van der Waals surface area contributed by atoms with Gasteiger partial charge in [0, 0.05) is 16.9 Å². The molecule has 2 N–H and O–H groups in total. The van der Waals surface area contributed by atoms with E-state index in [9.17, 15) is 13.2 Å². The second-order valence-corrected chi connectivity index (χ2v) is 8.55. The van der Waals surface area contributed by atoms with Crippen molar-refractivity contribution in [2.75, 3.05) is 31.4 Å². The Labute approximate surface area is 187 Å². The van der Waals surface area contributed by atoms with E-state index in [0.29, 0.717) is 34.2 Å². The third-order valence-corrected chi connectivity index (χ3v) is 6.05. The van der Waals surface area contributed by atoms with Gasteiger partial charge in [0.1, 0.15) is 0 Å². The summed E-state index contributed by atoms with van der Waals surface area (Å²) in [5.41, 5.74) is 2.14. The maximum atomic E-state index is 12.7. The van der Waals surface area contributed by atoms with Gasteiger partial charge in [0.15, 0.2) is 11.5 Å². The van der Waals surface area contributed by atoms with E-state index in [1.807, 2.05) is 6.92 Å². The molecule has 0 saturated carbocycles. The van der Waals surface area contributed by atoms with Crippen LogP contribution in [0.15, 0.2) is 65.6 Å². The molecule has 0 aromatic heterocycles. The molecule has 9 heteroatoms. The minimum absolute atomic E-state index is 0.169. The number of rotatable bonds is 8. The molecule has 0 saturated heterocycles. The van der Waals surface area contributed by atoms with Crippen molar-refractivity contribution in [1.82, 2.24) is 0 Å². The van der Waals surface area contributed by atoms with Crippen LogP contribution in [0.25, 0.3) is 0 Å². The Morgan fingerprint density at radius 2 is 1.31 bits per heavy atom. The molecule has 168 valence electrons. The van der Waals surface area contributed by atoms with E-state index in [1.54, 1.807) is 60.7 Å². The Kier molecular flexibility index (Phi) is 6.89. The van der Waals surface area contributed by atoms with Crippen LogP contribution in [-0.2, 0) is 10.0 Å². The molecular formula is C23H24N2O6S. The summed E-state index contributed by atoms with van der Waals surface area (Å²) in [6, 6.07) is 16.0. The van der Waals surface area contributed by atoms with Gasteiger partial charge in [-0.3, -0.25) is 9.52 Å². The maximum absolute atomic E-state index is 12.7. The van der Waals surface area contributed by atoms with Gasteiger partial charge < -0.3 is 19.5 Å². The molecule has 0 heterocycles. The zero-order valence-electron chi connectivity index (χ0n) is 18.1. The summed E-state index contributed by atoms with van der Waals surface area (Å²) in [6.45, 7) is 1.88. The molecule has 8 nitrogen and oxygen atoms in total. The molecule has 32 heavy (non-hydrogen) atoms. The Bertz CT molecular complexity index is 1180. The first-order valence-electron chi connectivity index (χ1n) is 9.58. The lowest BCUT2D eigenvalue weighted by atomic mass is 10.1. The van der Waals surface area contributed by atoms with Gasteiger partial charge in [0.05, 0.1) is 26.2 Å². The fourth-order valence-corrected chi connectivity index (χ4v) is 4.03. The van der Waals surface area contributed by atoms with Crippen molar-refractivity contribution in [2.24, 2.45) is 0 Å². The van der Waals surface area contributed by atoms with Crippen LogP contribution in [-0.4, -0.2) is 35.7 Å². The number of amides is 1. The molecule has 0 aliphatic rings. The van der Waals surface area contributed by atoms with E-state index in [2.05, 4.69) is 10.0 Å². The van der Waals surface area contributed by atoms with Crippen molar-refractivity contribution in [2.45, 2.75) is 11.8 Å². The SMILES string of the molecule is COc1cc(C(=O)Nc2ccc(NS(=O)(=O)c3ccc(C)cc3)cc2)cc(OC)c1OC. The topological polar surface area (TPSA) is 103 Å². The zero-order valence-corrected chi connectivity index (χ0v) is 18.9. The van der Waals surface area contributed by atoms with Crippen molar-refractivity contribution in [1.29, 1.82) is 0 Å². The van der Waals surface area contributed by atoms with Gasteiger partial charge in [-0.1, -0.05) is 17.7 Å². The first-order valence-corrected chi connectivity index (χ1v) is 11.1. The van der Waals surface area contributed by atoms with Crippen molar-refractivity contribution in [3.63, 3.8) is 0 Å². The first-order chi connectivity index (χ1) is 15.3. The van der Waals surface area contributed by atoms with Crippen LogP contribution in [0.4, 0.5) is 11.4 Å². The molecule has 3 aromatic rings. The number of aryl methyl sites for hydroxylation is 1. The fourth-order valence-electron chi connectivity index (χ4n) is 2.97. The fraction of sp³-hybridized carbons (Fsp3) is 0.174. The summed E-state index contributed by atoms with van der Waals surface area (Å²) in [4.78, 5) is 12.9. The van der Waals surface area contributed by atoms with Gasteiger partial charge in [-0.15, -0.1) is 0 Å². The van der Waals surface area contributed by atoms with Crippen molar-refractivity contribution in [3.05, 3.63) is 71.8 Å². The number of hydrogen-bond donors (Lipinski definition) is 2. The van der Waals surface area contributed by atoms with Crippen molar-refractivity contribution < 1.29 is 27.4 Å². The van der Waals surface area contributed by atoms with E-state index in [0.717, 1.165) is 5.56 Å². The third kappa shape index (κ3) is 5.12. The molecule has 0 spiro atoms. The minimum atomic E-state index is -3.71. The van der Waals surface area contributed by atoms with E-state index in [1.165, 1.54) is 21.3 Å². The Hall–Kier alpha value is -3.72. The highest BCUT2D eigenvalue weighted by molar-refractivity contribution is 7.92. The maximum Gasteiger partial charge on any atom is 0.261 e. The first kappa shape index (κ1) is 23.0. The second kappa shape index (κ2) is 9.61. The van der Waals surface area contributed by atoms with Crippen molar-refractivity contribution in [3.8, 4) is 17.2 Å². The number of carbonyl (C=O) groups excluding carboxylic acids is 1. The highest BCUT2D eigenvalue weighted by Crippen LogP contribution is 2.38. The minimum Gasteiger partial charge on any atom is -0.493 e. The number of anilines is 2. The average Bonchev–Trinajstić information content (AvgIpc) is 2.79. The van der Waals surface area contributed by atoms with Gasteiger partial charge in [-0.25, -0.2) is 8.42 Å². The molecule has 3 aromatic carbocycles. The average molecular weight is 457 g/mol. The Balaban J connectivity index is 1.74. The van der Waals surface area contributed by atoms with Crippen LogP contribution in [0.5, 0.6) is 17.2 Å². The second-order valence-electron chi connectivity index (χ2n) is 6.86. The standard InChI is InChI=1S/C23H24N2O6S/c1-15-5-11-19(12-6-15)32(27,28)25-18-9-7-17(8-10-18)24-23(26)16-13-20(29-2)22(31-4)21(14-16)30-3/h5-14,25H,1-4H3,(H,24,26). The molecule has 0 atom stereocenters. The monoisotopic (exact) mass is 456 g/mol. The number of methoxy groups -OCH3 is 3. The number of nitrogens with one attached hydrogen (secondary N) is 2. The van der Waals surface area contributed by atoms with E-state index >= 15 is 0 Å². The summed E-state index contributed by atoms with van der Waals surface area (Å²) in [6.07, 6.45) is 0. The lowest BCUT2D eigenvalue weighted by molar-refractivity contribution is 0.102. The third-order valence-electron chi connectivity index (χ3n) is 4.65. The van der Waals surface area contributed by atoms with Crippen LogP contribution in [0.3, 0.4) is 0 Å². The quantitative estimate of drug-likeness (QED) is 0.530. The number of sulfonamides is 1. The molecule has 0 radical (unpaired) electrons. The summed E-state index contributed by atoms with van der Waals surface area (Å²) >= 11 is 0. The lowest BCUT2D eigenvalue weighted by Gasteiger charge is -2.14. The van der Waals surface area contributed by atoms with E-state index in [-0.39, 0.29) is 4.90 Å². The van der Waals surface area contributed by atoms with Gasteiger partial charge in [0.2, 0.25) is 5.75 Å². The Morgan fingerprint density at radius 3 is 1.81 bits per heavy atom. The van der Waals surface area contributed by atoms with E-state index in [4.69, 9.17) is 14.2 Å². The van der Waals surface area contributed by atoms with Crippen LogP contribution in [0.1, 0.15) is 15.9 Å². The highest BCUT2D eigenvalue weighted by Gasteiger charge is 2.18. The van der Waals surface area contributed by atoms with Crippen LogP contribution in [0.2, 0.25) is 0 Å². The Morgan fingerprint density at radius 1 is 0.781 bits per heavy atom. The molecule has 0 fully saturated rings. The number of benzene rings is 3. The molecular weight excluding hydrogens is 432 g/mol. The smallest absolute Gasteiger partial charge is 0.261 e. The number of hydrogen-bond acceptors (Lipinski definition) is 6. The molecule has 0 bridgehead atoms. The molecule has 0 aliphatic carbocycles. The highest BCUT2D eigenvalue weighted by atomic mass is 32.2. The van der Waals surface area contributed by atoms with Crippen LogP contribution < -0.4 is 24.2 Å². The van der Waals surface area contributed by atoms with Gasteiger partial charge in [0.25, 0.3) is 15.9 Å². The lowest BCUT2D eigenvalue weighted by Crippen LogP contribution is -2.14. The summed E-state index contributed by atoms with van der Waals surface area (Å²) in [5.74, 6) is 0.713. The van der Waals surface area contributed by atoms with Gasteiger partial charge in [-0.2, -0.15) is 0 Å². The molecule has 1 amide bonds. The zero-order chi connectivity index (χ0) is 23.3. The van der Waals surface area contributed by atoms with Crippen molar-refractivity contribution >= 4 is 27.3 Å². The molecule has 3 rings (SSSR count). The summed E-state index contributed by atoms with van der Waals surface area (Å²) < 4.78 is 43.4. The summed E-state index contributed by atoms with van der Waals surface area (Å²) in [5, 5.41) is 2.76. The predicted octanol–water partition coefficient (Wildman–Crippen LogP) is 4.07. The normalized spacial score (nSPS) is 10.9. The van der Waals surface area contributed by atoms with Gasteiger partial charge >= 0.3 is 0 Å². The molecule has 0 aliphatic heterocycles. The van der Waals surface area contributed by atoms with E-state index < -0.39 is 15.9 Å². The molecule has 0 unspecified atom stereocenters. The van der Waals surface area contributed by atoms with Crippen LogP contribution >= 0.6 is 0 Å². The number of ether oxygens (including phenoxy) is 3. The number of carbonyl (C=O) groups is 1. The van der Waals surface area contributed by atoms with Gasteiger partial charge in [-0.05, 0) is 55.5 Å².